The van der Waals surface area contributed by atoms with Crippen LogP contribution < -0.4 is 10.2 Å². The van der Waals surface area contributed by atoms with E-state index in [2.05, 4.69) is 64.0 Å². The third kappa shape index (κ3) is 5.34. The summed E-state index contributed by atoms with van der Waals surface area (Å²) in [5, 5.41) is 4.29. The number of rotatable bonds is 7. The molecule has 0 saturated carbocycles. The van der Waals surface area contributed by atoms with Crippen LogP contribution >= 0.6 is 11.6 Å². The molecule has 0 amide bonds. The Morgan fingerprint density at radius 2 is 1.80 bits per heavy atom. The number of nitrogens with zero attached hydrogens (tertiary/aromatic N) is 1. The first-order valence-electron chi connectivity index (χ1n) is 7.56. The molecule has 0 fully saturated rings. The lowest BCUT2D eigenvalue weighted by Gasteiger charge is -2.30. The highest BCUT2D eigenvalue weighted by molar-refractivity contribution is 6.30. The Hall–Kier alpha value is -0.730. The van der Waals surface area contributed by atoms with Crippen LogP contribution in [0.2, 0.25) is 5.02 Å². The van der Waals surface area contributed by atoms with E-state index < -0.39 is 0 Å². The summed E-state index contributed by atoms with van der Waals surface area (Å²) in [5.41, 5.74) is 2.54. The van der Waals surface area contributed by atoms with Gasteiger partial charge in [-0.1, -0.05) is 45.4 Å². The van der Waals surface area contributed by atoms with Crippen LogP contribution in [-0.4, -0.2) is 19.1 Å². The monoisotopic (exact) mass is 296 g/mol. The predicted octanol–water partition coefficient (Wildman–Crippen LogP) is 4.71. The summed E-state index contributed by atoms with van der Waals surface area (Å²) in [4.78, 5) is 2.35. The third-order valence-electron chi connectivity index (χ3n) is 3.60. The van der Waals surface area contributed by atoms with Gasteiger partial charge in [0.25, 0.3) is 0 Å². The Bertz CT molecular complexity index is 415. The van der Waals surface area contributed by atoms with E-state index in [1.807, 2.05) is 6.07 Å². The number of benzene rings is 1. The second-order valence-electron chi connectivity index (χ2n) is 6.40. The maximum absolute atomic E-state index is 6.19. The molecule has 0 radical (unpaired) electrons. The summed E-state index contributed by atoms with van der Waals surface area (Å²) < 4.78 is 0. The summed E-state index contributed by atoms with van der Waals surface area (Å²) in [6, 6.07) is 7.17. The van der Waals surface area contributed by atoms with Crippen LogP contribution in [-0.2, 0) is 6.54 Å². The third-order valence-corrected chi connectivity index (χ3v) is 3.84. The van der Waals surface area contributed by atoms with Crippen molar-refractivity contribution in [2.24, 2.45) is 5.92 Å². The predicted molar refractivity (Wildman–Crippen MR) is 90.7 cm³/mol. The van der Waals surface area contributed by atoms with Gasteiger partial charge >= 0.3 is 0 Å². The van der Waals surface area contributed by atoms with Gasteiger partial charge in [0, 0.05) is 36.4 Å². The molecule has 114 valence electrons. The first-order valence-corrected chi connectivity index (χ1v) is 7.93. The van der Waals surface area contributed by atoms with Crippen molar-refractivity contribution >= 4 is 17.3 Å². The highest BCUT2D eigenvalue weighted by Crippen LogP contribution is 2.27. The zero-order chi connectivity index (χ0) is 15.3. The van der Waals surface area contributed by atoms with Gasteiger partial charge in [-0.3, -0.25) is 0 Å². The lowest BCUT2D eigenvalue weighted by Crippen LogP contribution is -2.32. The number of anilines is 1. The molecule has 0 spiro atoms. The molecule has 1 rings (SSSR count). The zero-order valence-corrected chi connectivity index (χ0v) is 14.5. The molecule has 2 nitrogen and oxygen atoms in total. The van der Waals surface area contributed by atoms with Gasteiger partial charge < -0.3 is 10.2 Å². The van der Waals surface area contributed by atoms with E-state index in [0.717, 1.165) is 11.6 Å². The fraction of sp³-hybridized carbons (Fsp3) is 0.647. The summed E-state index contributed by atoms with van der Waals surface area (Å²) in [6.45, 7) is 12.0. The van der Waals surface area contributed by atoms with E-state index in [1.54, 1.807) is 0 Å². The van der Waals surface area contributed by atoms with Crippen molar-refractivity contribution in [1.82, 2.24) is 5.32 Å². The van der Waals surface area contributed by atoms with Crippen molar-refractivity contribution < 1.29 is 0 Å². The van der Waals surface area contributed by atoms with Gasteiger partial charge in [-0.2, -0.15) is 0 Å². The molecule has 1 aromatic rings. The molecule has 20 heavy (non-hydrogen) atoms. The van der Waals surface area contributed by atoms with Gasteiger partial charge in [-0.15, -0.1) is 0 Å². The van der Waals surface area contributed by atoms with Crippen molar-refractivity contribution in [2.75, 3.05) is 11.9 Å². The smallest absolute Gasteiger partial charge is 0.0426 e. The SMILES string of the molecule is CC(C)CC(C)N(C)c1cc(Cl)ccc1CNC(C)C. The molecule has 1 unspecified atom stereocenters. The van der Waals surface area contributed by atoms with Crippen LogP contribution in [0.25, 0.3) is 0 Å². The molecule has 0 aliphatic rings. The van der Waals surface area contributed by atoms with Crippen LogP contribution in [0.4, 0.5) is 5.69 Å². The molecule has 0 aliphatic heterocycles. The molecule has 0 aromatic heterocycles. The van der Waals surface area contributed by atoms with Crippen LogP contribution in [0.15, 0.2) is 18.2 Å². The highest BCUT2D eigenvalue weighted by atomic mass is 35.5. The van der Waals surface area contributed by atoms with E-state index in [0.29, 0.717) is 18.0 Å². The van der Waals surface area contributed by atoms with E-state index >= 15 is 0 Å². The van der Waals surface area contributed by atoms with Gasteiger partial charge in [-0.05, 0) is 37.0 Å². The molecule has 0 heterocycles. The highest BCUT2D eigenvalue weighted by Gasteiger charge is 2.15. The summed E-state index contributed by atoms with van der Waals surface area (Å²) in [6.07, 6.45) is 1.18. The standard InChI is InChI=1S/C17H29ClN2/c1-12(2)9-14(5)20(6)17-10-16(18)8-7-15(17)11-19-13(3)4/h7-8,10,12-14,19H,9,11H2,1-6H3. The molecule has 1 N–H and O–H groups in total. The van der Waals surface area contributed by atoms with E-state index in [4.69, 9.17) is 11.6 Å². The Balaban J connectivity index is 2.92. The molecular formula is C17H29ClN2. The maximum atomic E-state index is 6.19. The van der Waals surface area contributed by atoms with Gasteiger partial charge in [0.1, 0.15) is 0 Å². The first-order chi connectivity index (χ1) is 9.31. The molecule has 0 saturated heterocycles. The first kappa shape index (κ1) is 17.3. The van der Waals surface area contributed by atoms with Crippen molar-refractivity contribution in [3.63, 3.8) is 0 Å². The summed E-state index contributed by atoms with van der Waals surface area (Å²) in [7, 11) is 2.16. The molecule has 1 atom stereocenters. The summed E-state index contributed by atoms with van der Waals surface area (Å²) in [5.74, 6) is 0.698. The van der Waals surface area contributed by atoms with Crippen molar-refractivity contribution in [2.45, 2.75) is 59.7 Å². The molecule has 0 aliphatic carbocycles. The second-order valence-corrected chi connectivity index (χ2v) is 6.83. The molecular weight excluding hydrogens is 268 g/mol. The van der Waals surface area contributed by atoms with E-state index in [1.165, 1.54) is 17.7 Å². The Labute approximate surface area is 129 Å². The fourth-order valence-corrected chi connectivity index (χ4v) is 2.57. The second kappa shape index (κ2) is 7.90. The van der Waals surface area contributed by atoms with Crippen LogP contribution in [0.1, 0.15) is 46.6 Å². The van der Waals surface area contributed by atoms with Crippen LogP contribution in [0.3, 0.4) is 0 Å². The van der Waals surface area contributed by atoms with Crippen molar-refractivity contribution in [3.8, 4) is 0 Å². The minimum atomic E-state index is 0.483. The average Bonchev–Trinajstić information content (AvgIpc) is 2.35. The number of hydrogen-bond acceptors (Lipinski definition) is 2. The van der Waals surface area contributed by atoms with Gasteiger partial charge in [-0.25, -0.2) is 0 Å². The van der Waals surface area contributed by atoms with Crippen LogP contribution in [0, 0.1) is 5.92 Å². The zero-order valence-electron chi connectivity index (χ0n) is 13.7. The molecule has 1 aromatic carbocycles. The largest absolute Gasteiger partial charge is 0.372 e. The number of halogens is 1. The minimum Gasteiger partial charge on any atom is -0.372 e. The van der Waals surface area contributed by atoms with Crippen molar-refractivity contribution in [1.29, 1.82) is 0 Å². The Morgan fingerprint density at radius 3 is 2.35 bits per heavy atom. The number of nitrogens with one attached hydrogen (secondary N) is 1. The Kier molecular flexibility index (Phi) is 6.84. The number of hydrogen-bond donors (Lipinski definition) is 1. The van der Waals surface area contributed by atoms with Crippen LogP contribution in [0.5, 0.6) is 0 Å². The lowest BCUT2D eigenvalue weighted by atomic mass is 10.0. The molecule has 0 bridgehead atoms. The lowest BCUT2D eigenvalue weighted by molar-refractivity contribution is 0.502. The van der Waals surface area contributed by atoms with E-state index in [-0.39, 0.29) is 0 Å². The topological polar surface area (TPSA) is 15.3 Å². The average molecular weight is 297 g/mol. The minimum absolute atomic E-state index is 0.483. The quantitative estimate of drug-likeness (QED) is 0.784. The van der Waals surface area contributed by atoms with Gasteiger partial charge in [0.05, 0.1) is 0 Å². The van der Waals surface area contributed by atoms with Gasteiger partial charge in [0.15, 0.2) is 0 Å². The van der Waals surface area contributed by atoms with Gasteiger partial charge in [0.2, 0.25) is 0 Å². The van der Waals surface area contributed by atoms with E-state index in [9.17, 15) is 0 Å². The Morgan fingerprint density at radius 1 is 1.15 bits per heavy atom. The summed E-state index contributed by atoms with van der Waals surface area (Å²) >= 11 is 6.19. The molecule has 3 heteroatoms. The van der Waals surface area contributed by atoms with Crippen molar-refractivity contribution in [3.05, 3.63) is 28.8 Å². The fourth-order valence-electron chi connectivity index (χ4n) is 2.41. The normalized spacial score (nSPS) is 13.1. The maximum Gasteiger partial charge on any atom is 0.0426 e.